The van der Waals surface area contributed by atoms with Crippen LogP contribution in [-0.4, -0.2) is 29.6 Å². The number of nitrogens with one attached hydrogen (secondary N) is 1. The summed E-state index contributed by atoms with van der Waals surface area (Å²) in [5, 5.41) is 3.56. The molecular weight excluding hydrogens is 156 g/mol. The van der Waals surface area contributed by atoms with E-state index in [0.29, 0.717) is 6.04 Å². The average molecular weight is 174 g/mol. The molecule has 1 heterocycles. The summed E-state index contributed by atoms with van der Waals surface area (Å²) < 4.78 is 0. The third kappa shape index (κ3) is 2.36. The van der Waals surface area contributed by atoms with Crippen molar-refractivity contribution >= 4 is 11.8 Å². The van der Waals surface area contributed by atoms with E-state index in [1.54, 1.807) is 0 Å². The van der Waals surface area contributed by atoms with Crippen LogP contribution in [0.5, 0.6) is 0 Å². The van der Waals surface area contributed by atoms with Gasteiger partial charge in [0.15, 0.2) is 0 Å². The van der Waals surface area contributed by atoms with Gasteiger partial charge in [-0.25, -0.2) is 0 Å². The van der Waals surface area contributed by atoms with Crippen molar-refractivity contribution in [2.45, 2.75) is 31.8 Å². The summed E-state index contributed by atoms with van der Waals surface area (Å²) in [6.07, 6.45) is 1.23. The smallest absolute Gasteiger partial charge is 0.0405 e. The minimum atomic E-state index is 0.249. The Hall–Kier alpha value is 0.270. The summed E-state index contributed by atoms with van der Waals surface area (Å²) in [4.78, 5) is 0. The zero-order valence-electron chi connectivity index (χ0n) is 7.39. The molecule has 0 aliphatic carbocycles. The first-order chi connectivity index (χ1) is 5.18. The molecule has 1 fully saturated rings. The van der Waals surface area contributed by atoms with Crippen molar-refractivity contribution in [2.24, 2.45) is 5.73 Å². The van der Waals surface area contributed by atoms with E-state index in [4.69, 9.17) is 5.73 Å². The van der Waals surface area contributed by atoms with E-state index >= 15 is 0 Å². The van der Waals surface area contributed by atoms with Crippen LogP contribution in [-0.2, 0) is 0 Å². The molecule has 3 N–H and O–H groups in total. The van der Waals surface area contributed by atoms with E-state index in [0.717, 1.165) is 6.54 Å². The topological polar surface area (TPSA) is 38.0 Å². The van der Waals surface area contributed by atoms with Crippen LogP contribution in [0.2, 0.25) is 0 Å². The molecule has 0 saturated carbocycles. The van der Waals surface area contributed by atoms with E-state index in [-0.39, 0.29) is 5.54 Å². The standard InChI is InChI=1S/C8H18N2S/c1-7(2)10-8(5-9)3-4-11-6-8/h7,10H,3-6,9H2,1-2H3. The summed E-state index contributed by atoms with van der Waals surface area (Å²) in [5.74, 6) is 2.44. The van der Waals surface area contributed by atoms with Crippen LogP contribution in [0, 0.1) is 0 Å². The number of hydrogen-bond acceptors (Lipinski definition) is 3. The maximum absolute atomic E-state index is 5.74. The third-order valence-corrected chi connectivity index (χ3v) is 3.34. The molecule has 1 aliphatic heterocycles. The lowest BCUT2D eigenvalue weighted by atomic mass is 9.98. The molecule has 3 heteroatoms. The van der Waals surface area contributed by atoms with E-state index < -0.39 is 0 Å². The second-order valence-electron chi connectivity index (χ2n) is 3.59. The third-order valence-electron chi connectivity index (χ3n) is 2.09. The Kier molecular flexibility index (Phi) is 3.22. The monoisotopic (exact) mass is 174 g/mol. The van der Waals surface area contributed by atoms with Crippen LogP contribution in [0.15, 0.2) is 0 Å². The van der Waals surface area contributed by atoms with Crippen molar-refractivity contribution in [3.63, 3.8) is 0 Å². The fourth-order valence-electron chi connectivity index (χ4n) is 1.55. The van der Waals surface area contributed by atoms with Crippen molar-refractivity contribution in [3.8, 4) is 0 Å². The number of thioether (sulfide) groups is 1. The van der Waals surface area contributed by atoms with Crippen LogP contribution in [0.1, 0.15) is 20.3 Å². The van der Waals surface area contributed by atoms with Crippen molar-refractivity contribution in [1.82, 2.24) is 5.32 Å². The molecule has 0 amide bonds. The molecule has 2 nitrogen and oxygen atoms in total. The normalized spacial score (nSPS) is 31.6. The summed E-state index contributed by atoms with van der Waals surface area (Å²) in [5.41, 5.74) is 5.99. The minimum absolute atomic E-state index is 0.249. The molecule has 11 heavy (non-hydrogen) atoms. The van der Waals surface area contributed by atoms with Crippen LogP contribution >= 0.6 is 11.8 Å². The van der Waals surface area contributed by atoms with Crippen molar-refractivity contribution in [1.29, 1.82) is 0 Å². The van der Waals surface area contributed by atoms with E-state index in [2.05, 4.69) is 19.2 Å². The predicted molar refractivity (Wildman–Crippen MR) is 52.0 cm³/mol. The lowest BCUT2D eigenvalue weighted by Gasteiger charge is -2.30. The lowest BCUT2D eigenvalue weighted by molar-refractivity contribution is 0.342. The molecule has 1 aliphatic rings. The average Bonchev–Trinajstić information content (AvgIpc) is 2.36. The van der Waals surface area contributed by atoms with Gasteiger partial charge in [-0.3, -0.25) is 0 Å². The Bertz CT molecular complexity index is 119. The van der Waals surface area contributed by atoms with E-state index in [1.807, 2.05) is 11.8 Å². The Morgan fingerprint density at radius 2 is 2.36 bits per heavy atom. The van der Waals surface area contributed by atoms with Crippen molar-refractivity contribution in [2.75, 3.05) is 18.1 Å². The summed E-state index contributed by atoms with van der Waals surface area (Å²) in [7, 11) is 0. The molecule has 0 bridgehead atoms. The maximum atomic E-state index is 5.74. The zero-order chi connectivity index (χ0) is 8.32. The van der Waals surface area contributed by atoms with Gasteiger partial charge in [0.25, 0.3) is 0 Å². The maximum Gasteiger partial charge on any atom is 0.0405 e. The molecule has 1 atom stereocenters. The lowest BCUT2D eigenvalue weighted by Crippen LogP contribution is -2.54. The number of hydrogen-bond donors (Lipinski definition) is 2. The highest BCUT2D eigenvalue weighted by atomic mass is 32.2. The van der Waals surface area contributed by atoms with Crippen molar-refractivity contribution in [3.05, 3.63) is 0 Å². The molecule has 0 aromatic carbocycles. The Labute approximate surface area is 73.3 Å². The van der Waals surface area contributed by atoms with Gasteiger partial charge in [-0.1, -0.05) is 13.8 Å². The Morgan fingerprint density at radius 1 is 1.64 bits per heavy atom. The van der Waals surface area contributed by atoms with Gasteiger partial charge >= 0.3 is 0 Å². The first-order valence-corrected chi connectivity index (χ1v) is 5.39. The van der Waals surface area contributed by atoms with Crippen LogP contribution in [0.4, 0.5) is 0 Å². The van der Waals surface area contributed by atoms with Crippen LogP contribution < -0.4 is 11.1 Å². The zero-order valence-corrected chi connectivity index (χ0v) is 8.21. The first kappa shape index (κ1) is 9.36. The van der Waals surface area contributed by atoms with Gasteiger partial charge in [-0.05, 0) is 12.2 Å². The van der Waals surface area contributed by atoms with Gasteiger partial charge in [-0.2, -0.15) is 11.8 Å². The van der Waals surface area contributed by atoms with E-state index in [1.165, 1.54) is 17.9 Å². The molecule has 0 aromatic rings. The Balaban J connectivity index is 2.45. The fraction of sp³-hybridized carbons (Fsp3) is 1.00. The number of rotatable bonds is 3. The van der Waals surface area contributed by atoms with Gasteiger partial charge in [0.05, 0.1) is 0 Å². The highest BCUT2D eigenvalue weighted by Gasteiger charge is 2.32. The highest BCUT2D eigenvalue weighted by molar-refractivity contribution is 7.99. The second-order valence-corrected chi connectivity index (χ2v) is 4.69. The molecule has 66 valence electrons. The fourth-order valence-corrected chi connectivity index (χ4v) is 2.97. The quantitative estimate of drug-likeness (QED) is 0.665. The Morgan fingerprint density at radius 3 is 2.73 bits per heavy atom. The van der Waals surface area contributed by atoms with Gasteiger partial charge in [0, 0.05) is 23.9 Å². The van der Waals surface area contributed by atoms with Crippen LogP contribution in [0.25, 0.3) is 0 Å². The highest BCUT2D eigenvalue weighted by Crippen LogP contribution is 2.27. The first-order valence-electron chi connectivity index (χ1n) is 4.24. The van der Waals surface area contributed by atoms with Crippen molar-refractivity contribution < 1.29 is 0 Å². The van der Waals surface area contributed by atoms with Gasteiger partial charge in [0.2, 0.25) is 0 Å². The summed E-state index contributed by atoms with van der Waals surface area (Å²) in [6, 6.07) is 0.553. The van der Waals surface area contributed by atoms with Crippen LogP contribution in [0.3, 0.4) is 0 Å². The SMILES string of the molecule is CC(C)NC1(CN)CCSC1. The molecule has 1 saturated heterocycles. The largest absolute Gasteiger partial charge is 0.329 e. The molecule has 1 rings (SSSR count). The molecule has 1 unspecified atom stereocenters. The minimum Gasteiger partial charge on any atom is -0.329 e. The predicted octanol–water partition coefficient (Wildman–Crippen LogP) is 0.819. The van der Waals surface area contributed by atoms with Gasteiger partial charge < -0.3 is 11.1 Å². The van der Waals surface area contributed by atoms with Gasteiger partial charge in [0.1, 0.15) is 0 Å². The second kappa shape index (κ2) is 3.78. The molecule has 0 radical (unpaired) electrons. The molecular formula is C8H18N2S. The number of nitrogens with two attached hydrogens (primary N) is 1. The van der Waals surface area contributed by atoms with Gasteiger partial charge in [-0.15, -0.1) is 0 Å². The summed E-state index contributed by atoms with van der Waals surface area (Å²) in [6.45, 7) is 5.14. The van der Waals surface area contributed by atoms with E-state index in [9.17, 15) is 0 Å². The molecule has 0 spiro atoms. The summed E-state index contributed by atoms with van der Waals surface area (Å²) >= 11 is 2.01. The molecule has 0 aromatic heterocycles.